The molecule has 0 heteroatoms. The van der Waals surface area contributed by atoms with Crippen LogP contribution >= 0.6 is 0 Å². The van der Waals surface area contributed by atoms with E-state index < -0.39 is 0 Å². The molecular formula is C20H32. The van der Waals surface area contributed by atoms with Gasteiger partial charge in [0.25, 0.3) is 0 Å². The van der Waals surface area contributed by atoms with Crippen molar-refractivity contribution < 1.29 is 0 Å². The fourth-order valence-electron chi connectivity index (χ4n) is 5.92. The largest absolute Gasteiger partial charge is 0.103 e. The summed E-state index contributed by atoms with van der Waals surface area (Å²) >= 11 is 0. The van der Waals surface area contributed by atoms with Crippen molar-refractivity contribution >= 4 is 0 Å². The number of hydrogen-bond acceptors (Lipinski definition) is 0. The molecule has 112 valence electrons. The van der Waals surface area contributed by atoms with E-state index in [4.69, 9.17) is 0 Å². The second-order valence-electron chi connectivity index (χ2n) is 9.04. The fourth-order valence-corrected chi connectivity index (χ4v) is 5.92. The average Bonchev–Trinajstić information content (AvgIpc) is 2.37. The van der Waals surface area contributed by atoms with Gasteiger partial charge < -0.3 is 0 Å². The highest BCUT2D eigenvalue weighted by atomic mass is 14.6. The first-order valence-electron chi connectivity index (χ1n) is 8.63. The van der Waals surface area contributed by atoms with E-state index in [0.29, 0.717) is 16.2 Å². The molecule has 0 aromatic heterocycles. The van der Waals surface area contributed by atoms with Crippen molar-refractivity contribution in [3.8, 4) is 0 Å². The van der Waals surface area contributed by atoms with Gasteiger partial charge in [0.05, 0.1) is 0 Å². The molecule has 0 unspecified atom stereocenters. The second-order valence-corrected chi connectivity index (χ2v) is 9.04. The van der Waals surface area contributed by atoms with Gasteiger partial charge in [-0.05, 0) is 66.6 Å². The lowest BCUT2D eigenvalue weighted by Gasteiger charge is -2.59. The van der Waals surface area contributed by atoms with E-state index >= 15 is 0 Å². The maximum Gasteiger partial charge on any atom is -0.0112 e. The van der Waals surface area contributed by atoms with Crippen LogP contribution in [0.3, 0.4) is 0 Å². The second kappa shape index (κ2) is 4.49. The van der Waals surface area contributed by atoms with Crippen LogP contribution in [0.5, 0.6) is 0 Å². The standard InChI is InChI=1S/C20H32/c1-6-19(4)13-10-16-15(14-19)8-9-17-18(2,3)11-7-12-20(16,17)5/h6,8,16-17H,1,7,9-14H2,2-5H3/t16-,17-,19+,20+/m0/s1. The van der Waals surface area contributed by atoms with Gasteiger partial charge in [0, 0.05) is 0 Å². The van der Waals surface area contributed by atoms with Gasteiger partial charge in [0.2, 0.25) is 0 Å². The van der Waals surface area contributed by atoms with E-state index in [1.807, 2.05) is 0 Å². The number of rotatable bonds is 1. The predicted molar refractivity (Wildman–Crippen MR) is 87.6 cm³/mol. The molecule has 0 spiro atoms. The topological polar surface area (TPSA) is 0 Å². The molecule has 0 nitrogen and oxygen atoms in total. The lowest BCUT2D eigenvalue weighted by molar-refractivity contribution is -0.0489. The predicted octanol–water partition coefficient (Wildman–Crippen LogP) is 6.14. The maximum atomic E-state index is 4.09. The van der Waals surface area contributed by atoms with E-state index in [9.17, 15) is 0 Å². The molecule has 0 aromatic carbocycles. The molecule has 20 heavy (non-hydrogen) atoms. The van der Waals surface area contributed by atoms with Crippen LogP contribution in [0.25, 0.3) is 0 Å². The van der Waals surface area contributed by atoms with Crippen molar-refractivity contribution in [2.45, 2.75) is 72.6 Å². The Bertz CT molecular complexity index is 441. The molecule has 3 aliphatic carbocycles. The van der Waals surface area contributed by atoms with Gasteiger partial charge in [-0.15, -0.1) is 6.58 Å². The van der Waals surface area contributed by atoms with Gasteiger partial charge in [-0.1, -0.05) is 51.8 Å². The minimum absolute atomic E-state index is 0.357. The van der Waals surface area contributed by atoms with Crippen LogP contribution in [0.15, 0.2) is 24.3 Å². The van der Waals surface area contributed by atoms with Crippen LogP contribution in [0, 0.1) is 28.1 Å². The summed E-state index contributed by atoms with van der Waals surface area (Å²) in [6.07, 6.45) is 14.5. The first kappa shape index (κ1) is 14.4. The van der Waals surface area contributed by atoms with Gasteiger partial charge >= 0.3 is 0 Å². The summed E-state index contributed by atoms with van der Waals surface area (Å²) in [5.74, 6) is 1.75. The summed E-state index contributed by atoms with van der Waals surface area (Å²) in [4.78, 5) is 0. The molecule has 0 radical (unpaired) electrons. The van der Waals surface area contributed by atoms with Crippen LogP contribution in [0.1, 0.15) is 72.6 Å². The Hall–Kier alpha value is -0.520. The van der Waals surface area contributed by atoms with Gasteiger partial charge in [0.1, 0.15) is 0 Å². The van der Waals surface area contributed by atoms with Crippen molar-refractivity contribution in [2.24, 2.45) is 28.1 Å². The van der Waals surface area contributed by atoms with Gasteiger partial charge in [-0.25, -0.2) is 0 Å². The zero-order chi connectivity index (χ0) is 14.6. The fraction of sp³-hybridized carbons (Fsp3) is 0.800. The van der Waals surface area contributed by atoms with E-state index in [2.05, 4.69) is 46.4 Å². The normalized spacial score (nSPS) is 46.9. The van der Waals surface area contributed by atoms with E-state index in [1.165, 1.54) is 44.9 Å². The number of fused-ring (bicyclic) bond motifs is 3. The Morgan fingerprint density at radius 3 is 2.60 bits per heavy atom. The highest BCUT2D eigenvalue weighted by Crippen LogP contribution is 2.63. The highest BCUT2D eigenvalue weighted by Gasteiger charge is 2.53. The Kier molecular flexibility index (Phi) is 3.23. The molecule has 0 N–H and O–H groups in total. The quantitative estimate of drug-likeness (QED) is 0.503. The number of allylic oxidation sites excluding steroid dienone is 3. The van der Waals surface area contributed by atoms with E-state index in [1.54, 1.807) is 5.57 Å². The molecule has 0 amide bonds. The summed E-state index contributed by atoms with van der Waals surface area (Å²) in [6.45, 7) is 14.1. The molecule has 0 heterocycles. The summed E-state index contributed by atoms with van der Waals surface area (Å²) in [6, 6.07) is 0. The van der Waals surface area contributed by atoms with Crippen molar-refractivity contribution in [2.75, 3.05) is 0 Å². The van der Waals surface area contributed by atoms with Crippen LogP contribution in [-0.4, -0.2) is 0 Å². The summed E-state index contributed by atoms with van der Waals surface area (Å²) in [5.41, 5.74) is 3.23. The van der Waals surface area contributed by atoms with Crippen molar-refractivity contribution in [3.05, 3.63) is 24.3 Å². The Labute approximate surface area is 125 Å². The zero-order valence-corrected chi connectivity index (χ0v) is 14.0. The molecule has 0 bridgehead atoms. The van der Waals surface area contributed by atoms with E-state index in [0.717, 1.165) is 11.8 Å². The summed E-state index contributed by atoms with van der Waals surface area (Å²) < 4.78 is 0. The van der Waals surface area contributed by atoms with Crippen molar-refractivity contribution in [1.82, 2.24) is 0 Å². The molecule has 0 aliphatic heterocycles. The van der Waals surface area contributed by atoms with Crippen LogP contribution in [-0.2, 0) is 0 Å². The highest BCUT2D eigenvalue weighted by molar-refractivity contribution is 5.24. The smallest absolute Gasteiger partial charge is 0.0112 e. The zero-order valence-electron chi connectivity index (χ0n) is 14.0. The summed E-state index contributed by atoms with van der Waals surface area (Å²) in [7, 11) is 0. The van der Waals surface area contributed by atoms with Crippen LogP contribution < -0.4 is 0 Å². The van der Waals surface area contributed by atoms with Crippen molar-refractivity contribution in [3.63, 3.8) is 0 Å². The van der Waals surface area contributed by atoms with Gasteiger partial charge in [0.15, 0.2) is 0 Å². The lowest BCUT2D eigenvalue weighted by atomic mass is 9.46. The van der Waals surface area contributed by atoms with Gasteiger partial charge in [-0.2, -0.15) is 0 Å². The third kappa shape index (κ3) is 2.02. The average molecular weight is 272 g/mol. The third-order valence-electron chi connectivity index (χ3n) is 7.24. The Morgan fingerprint density at radius 1 is 1.15 bits per heavy atom. The Balaban J connectivity index is 1.94. The number of hydrogen-bond donors (Lipinski definition) is 0. The minimum atomic E-state index is 0.357. The first-order chi connectivity index (χ1) is 9.31. The SMILES string of the molecule is C=C[C@]1(C)CC[C@H]2C(=CC[C@H]3C(C)(C)CCC[C@]23C)C1. The molecule has 4 atom stereocenters. The summed E-state index contributed by atoms with van der Waals surface area (Å²) in [5, 5.41) is 0. The van der Waals surface area contributed by atoms with Crippen LogP contribution in [0.4, 0.5) is 0 Å². The molecule has 0 aromatic rings. The molecule has 2 saturated carbocycles. The first-order valence-corrected chi connectivity index (χ1v) is 8.63. The third-order valence-corrected chi connectivity index (χ3v) is 7.24. The molecule has 3 aliphatic rings. The maximum absolute atomic E-state index is 4.09. The van der Waals surface area contributed by atoms with Crippen LogP contribution in [0.2, 0.25) is 0 Å². The van der Waals surface area contributed by atoms with Gasteiger partial charge in [-0.3, -0.25) is 0 Å². The lowest BCUT2D eigenvalue weighted by Crippen LogP contribution is -2.50. The Morgan fingerprint density at radius 2 is 1.90 bits per heavy atom. The molecule has 2 fully saturated rings. The van der Waals surface area contributed by atoms with Crippen molar-refractivity contribution in [1.29, 1.82) is 0 Å². The van der Waals surface area contributed by atoms with E-state index in [-0.39, 0.29) is 0 Å². The minimum Gasteiger partial charge on any atom is -0.103 e. The molecular weight excluding hydrogens is 240 g/mol. The monoisotopic (exact) mass is 272 g/mol. The molecule has 3 rings (SSSR count). The molecule has 0 saturated heterocycles.